The van der Waals surface area contributed by atoms with Crippen LogP contribution >= 0.6 is 11.6 Å². The number of likely N-dealkylation sites (tertiary alicyclic amines) is 2. The summed E-state index contributed by atoms with van der Waals surface area (Å²) in [5, 5.41) is 0.741. The molecule has 2 aliphatic heterocycles. The van der Waals surface area contributed by atoms with Crippen molar-refractivity contribution in [1.29, 1.82) is 0 Å². The number of aromatic nitrogens is 1. The quantitative estimate of drug-likeness (QED) is 0.759. The minimum Gasteiger partial charge on any atom is -0.343 e. The molecule has 0 saturated carbocycles. The average Bonchev–Trinajstić information content (AvgIpc) is 2.74. The van der Waals surface area contributed by atoms with Gasteiger partial charge < -0.3 is 4.90 Å². The lowest BCUT2D eigenvalue weighted by Crippen LogP contribution is -2.49. The van der Waals surface area contributed by atoms with Gasteiger partial charge in [-0.2, -0.15) is 0 Å². The van der Waals surface area contributed by atoms with Crippen molar-refractivity contribution in [2.24, 2.45) is 0 Å². The number of hydrogen-bond acceptors (Lipinski definition) is 3. The maximum Gasteiger partial charge on any atom is 0.219 e. The molecule has 1 aromatic heterocycles. The topological polar surface area (TPSA) is 36.4 Å². The van der Waals surface area contributed by atoms with Crippen LogP contribution in [0.3, 0.4) is 0 Å². The van der Waals surface area contributed by atoms with Crippen LogP contribution in [0.15, 0.2) is 42.5 Å². The van der Waals surface area contributed by atoms with Gasteiger partial charge in [-0.05, 0) is 56.5 Å². The smallest absolute Gasteiger partial charge is 0.219 e. The van der Waals surface area contributed by atoms with Gasteiger partial charge in [0.2, 0.25) is 5.91 Å². The molecule has 4 rings (SSSR count). The summed E-state index contributed by atoms with van der Waals surface area (Å²) in [5.41, 5.74) is 3.24. The Morgan fingerprint density at radius 3 is 2.61 bits per heavy atom. The van der Waals surface area contributed by atoms with Gasteiger partial charge >= 0.3 is 0 Å². The van der Waals surface area contributed by atoms with E-state index in [2.05, 4.69) is 29.2 Å². The predicted molar refractivity (Wildman–Crippen MR) is 114 cm³/mol. The lowest BCUT2D eigenvalue weighted by Gasteiger charge is -2.42. The summed E-state index contributed by atoms with van der Waals surface area (Å²) in [4.78, 5) is 21.2. The number of carbonyl (C=O) groups excluding carboxylic acids is 1. The molecule has 2 fully saturated rings. The molecule has 2 aliphatic rings. The monoisotopic (exact) mass is 397 g/mol. The number of benzene rings is 1. The zero-order valence-electron chi connectivity index (χ0n) is 16.5. The van der Waals surface area contributed by atoms with Crippen LogP contribution in [0.25, 0.3) is 11.3 Å². The fourth-order valence-corrected chi connectivity index (χ4v) is 4.80. The minimum atomic E-state index is 0.206. The predicted octanol–water partition coefficient (Wildman–Crippen LogP) is 4.59. The molecule has 1 amide bonds. The van der Waals surface area contributed by atoms with Gasteiger partial charge in [0, 0.05) is 54.8 Å². The van der Waals surface area contributed by atoms with Crippen molar-refractivity contribution in [2.45, 2.75) is 44.6 Å². The van der Waals surface area contributed by atoms with Gasteiger partial charge in [0.1, 0.15) is 0 Å². The second-order valence-corrected chi connectivity index (χ2v) is 8.47. The van der Waals surface area contributed by atoms with E-state index in [-0.39, 0.29) is 5.91 Å². The third-order valence-electron chi connectivity index (χ3n) is 6.19. The van der Waals surface area contributed by atoms with E-state index in [1.54, 1.807) is 6.92 Å². The van der Waals surface area contributed by atoms with Gasteiger partial charge in [0.05, 0.1) is 5.69 Å². The van der Waals surface area contributed by atoms with Crippen LogP contribution in [0.5, 0.6) is 0 Å². The number of carbonyl (C=O) groups is 1. The van der Waals surface area contributed by atoms with Gasteiger partial charge in [0.15, 0.2) is 0 Å². The molecule has 4 nitrogen and oxygen atoms in total. The first kappa shape index (κ1) is 19.4. The van der Waals surface area contributed by atoms with Gasteiger partial charge in [-0.15, -0.1) is 0 Å². The van der Waals surface area contributed by atoms with E-state index in [1.807, 2.05) is 23.1 Å². The van der Waals surface area contributed by atoms with Gasteiger partial charge in [-0.3, -0.25) is 14.7 Å². The summed E-state index contributed by atoms with van der Waals surface area (Å²) in [6, 6.07) is 14.8. The van der Waals surface area contributed by atoms with Crippen molar-refractivity contribution in [3.63, 3.8) is 0 Å². The van der Waals surface area contributed by atoms with E-state index in [9.17, 15) is 4.79 Å². The van der Waals surface area contributed by atoms with Crippen LogP contribution in [0.1, 0.15) is 44.2 Å². The Morgan fingerprint density at radius 2 is 1.86 bits per heavy atom. The van der Waals surface area contributed by atoms with Crippen LogP contribution in [-0.4, -0.2) is 52.9 Å². The zero-order valence-corrected chi connectivity index (χ0v) is 17.2. The van der Waals surface area contributed by atoms with Gasteiger partial charge in [-0.1, -0.05) is 29.8 Å². The summed E-state index contributed by atoms with van der Waals surface area (Å²) in [7, 11) is 0. The van der Waals surface area contributed by atoms with Crippen LogP contribution in [0.4, 0.5) is 0 Å². The lowest BCUT2D eigenvalue weighted by molar-refractivity contribution is -0.130. The Kier molecular flexibility index (Phi) is 5.98. The highest BCUT2D eigenvalue weighted by Gasteiger charge is 2.30. The van der Waals surface area contributed by atoms with E-state index in [1.165, 1.54) is 18.5 Å². The maximum absolute atomic E-state index is 11.6. The Balaban J connectivity index is 1.45. The highest BCUT2D eigenvalue weighted by molar-refractivity contribution is 6.30. The molecule has 0 aliphatic carbocycles. The molecule has 5 heteroatoms. The van der Waals surface area contributed by atoms with Crippen LogP contribution < -0.4 is 0 Å². The molecular formula is C23H28ClN3O. The molecule has 0 N–H and O–H groups in total. The zero-order chi connectivity index (χ0) is 19.5. The van der Waals surface area contributed by atoms with Crippen LogP contribution in [-0.2, 0) is 4.79 Å². The summed E-state index contributed by atoms with van der Waals surface area (Å²) < 4.78 is 0. The third-order valence-corrected chi connectivity index (χ3v) is 6.42. The van der Waals surface area contributed by atoms with E-state index in [4.69, 9.17) is 16.6 Å². The molecule has 0 radical (unpaired) electrons. The van der Waals surface area contributed by atoms with Crippen molar-refractivity contribution in [3.8, 4) is 11.3 Å². The summed E-state index contributed by atoms with van der Waals surface area (Å²) in [5.74, 6) is 0.677. The Labute approximate surface area is 172 Å². The molecule has 1 aromatic carbocycles. The van der Waals surface area contributed by atoms with E-state index >= 15 is 0 Å². The van der Waals surface area contributed by atoms with E-state index in [0.717, 1.165) is 55.3 Å². The molecule has 28 heavy (non-hydrogen) atoms. The van der Waals surface area contributed by atoms with Crippen molar-refractivity contribution >= 4 is 17.5 Å². The molecule has 0 unspecified atom stereocenters. The van der Waals surface area contributed by atoms with E-state index in [0.29, 0.717) is 12.0 Å². The average molecular weight is 398 g/mol. The molecule has 2 aromatic rings. The summed E-state index contributed by atoms with van der Waals surface area (Å²) >= 11 is 6.16. The Hall–Kier alpha value is -1.91. The summed E-state index contributed by atoms with van der Waals surface area (Å²) in [6.07, 6.45) is 4.57. The number of nitrogens with zero attached hydrogens (tertiary/aromatic N) is 3. The van der Waals surface area contributed by atoms with Crippen molar-refractivity contribution < 1.29 is 4.79 Å². The highest BCUT2D eigenvalue weighted by atomic mass is 35.5. The van der Waals surface area contributed by atoms with Crippen LogP contribution in [0, 0.1) is 0 Å². The van der Waals surface area contributed by atoms with E-state index < -0.39 is 0 Å². The second-order valence-electron chi connectivity index (χ2n) is 8.03. The number of halogens is 1. The molecule has 0 bridgehead atoms. The molecule has 1 atom stereocenters. The molecule has 148 valence electrons. The molecular weight excluding hydrogens is 370 g/mol. The van der Waals surface area contributed by atoms with Crippen molar-refractivity contribution in [3.05, 3.63) is 53.2 Å². The van der Waals surface area contributed by atoms with Crippen LogP contribution in [0.2, 0.25) is 5.02 Å². The molecule has 0 spiro atoms. The Morgan fingerprint density at radius 1 is 1.07 bits per heavy atom. The highest BCUT2D eigenvalue weighted by Crippen LogP contribution is 2.31. The molecule has 3 heterocycles. The SMILES string of the molecule is CC(=O)N1CCC(N2CCC[C@H](c3cccc(-c4cccc(Cl)c4)n3)C2)CC1. The minimum absolute atomic E-state index is 0.206. The van der Waals surface area contributed by atoms with Gasteiger partial charge in [-0.25, -0.2) is 0 Å². The molecule has 2 saturated heterocycles. The number of amides is 1. The third kappa shape index (κ3) is 4.39. The number of rotatable bonds is 3. The lowest BCUT2D eigenvalue weighted by atomic mass is 9.91. The van der Waals surface area contributed by atoms with Crippen molar-refractivity contribution in [2.75, 3.05) is 26.2 Å². The first-order valence-corrected chi connectivity index (χ1v) is 10.7. The number of piperidine rings is 2. The maximum atomic E-state index is 11.6. The Bertz CT molecular complexity index is 832. The number of pyridine rings is 1. The summed E-state index contributed by atoms with van der Waals surface area (Å²) in [6.45, 7) is 5.69. The fourth-order valence-electron chi connectivity index (χ4n) is 4.61. The fraction of sp³-hybridized carbons (Fsp3) is 0.478. The standard InChI is InChI=1S/C23H28ClN3O/c1-17(28)26-13-10-21(11-14-26)27-12-4-6-19(16-27)23-9-3-8-22(25-23)18-5-2-7-20(24)15-18/h2-3,5,7-9,15,19,21H,4,6,10-14,16H2,1H3/t19-/m0/s1. The normalized spacial score (nSPS) is 21.6. The second kappa shape index (κ2) is 8.62. The first-order chi connectivity index (χ1) is 13.6. The number of hydrogen-bond donors (Lipinski definition) is 0. The largest absolute Gasteiger partial charge is 0.343 e. The van der Waals surface area contributed by atoms with Crippen molar-refractivity contribution in [1.82, 2.24) is 14.8 Å². The first-order valence-electron chi connectivity index (χ1n) is 10.3. The van der Waals surface area contributed by atoms with Gasteiger partial charge in [0.25, 0.3) is 0 Å².